The number of sulfone groups is 1. The zero-order chi connectivity index (χ0) is 23.1. The van der Waals surface area contributed by atoms with Crippen LogP contribution < -0.4 is 4.90 Å². The molecule has 0 spiro atoms. The maximum absolute atomic E-state index is 14.9. The summed E-state index contributed by atoms with van der Waals surface area (Å²) in [6.45, 7) is 5.13. The van der Waals surface area contributed by atoms with Crippen LogP contribution in [-0.2, 0) is 21.0 Å². The van der Waals surface area contributed by atoms with Crippen molar-refractivity contribution in [2.45, 2.75) is 58.1 Å². The molecule has 2 unspecified atom stereocenters. The number of ether oxygens (including phenoxy) is 1. The normalized spacial score (nSPS) is 24.5. The van der Waals surface area contributed by atoms with E-state index in [1.165, 1.54) is 6.07 Å². The van der Waals surface area contributed by atoms with Gasteiger partial charge >= 0.3 is 0 Å². The largest absolute Gasteiger partial charge is 0.378 e. The van der Waals surface area contributed by atoms with Crippen LogP contribution in [0.2, 0.25) is 0 Å². The predicted molar refractivity (Wildman–Crippen MR) is 123 cm³/mol. The molecule has 0 amide bonds. The second-order valence-electron chi connectivity index (χ2n) is 10.1. The number of aromatic nitrogens is 3. The van der Waals surface area contributed by atoms with E-state index in [4.69, 9.17) is 4.74 Å². The molecule has 32 heavy (non-hydrogen) atoms. The highest BCUT2D eigenvalue weighted by Crippen LogP contribution is 2.34. The van der Waals surface area contributed by atoms with E-state index in [-0.39, 0.29) is 29.1 Å². The van der Waals surface area contributed by atoms with E-state index >= 15 is 0 Å². The minimum atomic E-state index is -3.11. The van der Waals surface area contributed by atoms with Crippen molar-refractivity contribution in [2.75, 3.05) is 37.1 Å². The lowest BCUT2D eigenvalue weighted by atomic mass is 9.89. The van der Waals surface area contributed by atoms with Crippen molar-refractivity contribution < 1.29 is 17.5 Å². The number of benzene rings is 1. The lowest BCUT2D eigenvalue weighted by Gasteiger charge is -2.23. The van der Waals surface area contributed by atoms with Crippen LogP contribution in [0.3, 0.4) is 0 Å². The summed E-state index contributed by atoms with van der Waals surface area (Å²) < 4.78 is 47.1. The Kier molecular flexibility index (Phi) is 6.33. The van der Waals surface area contributed by atoms with Crippen molar-refractivity contribution in [3.8, 4) is 11.4 Å². The molecule has 2 aliphatic heterocycles. The van der Waals surface area contributed by atoms with Gasteiger partial charge in [0.2, 0.25) is 0 Å². The molecule has 2 aromatic rings. The van der Waals surface area contributed by atoms with Crippen molar-refractivity contribution >= 4 is 15.5 Å². The van der Waals surface area contributed by atoms with Crippen LogP contribution in [0.15, 0.2) is 18.2 Å². The summed E-state index contributed by atoms with van der Waals surface area (Å²) in [6, 6.07) is 4.72. The number of hydrogen-bond donors (Lipinski definition) is 0. The van der Waals surface area contributed by atoms with Gasteiger partial charge in [0.05, 0.1) is 35.8 Å². The number of anilines is 1. The minimum absolute atomic E-state index is 0.0534. The monoisotopic (exact) mass is 464 g/mol. The minimum Gasteiger partial charge on any atom is -0.378 e. The fourth-order valence-corrected chi connectivity index (χ4v) is 6.31. The first-order valence-corrected chi connectivity index (χ1v) is 13.1. The number of rotatable bonds is 6. The van der Waals surface area contributed by atoms with Crippen LogP contribution in [0.5, 0.6) is 0 Å². The van der Waals surface area contributed by atoms with Crippen molar-refractivity contribution in [1.82, 2.24) is 14.8 Å². The van der Waals surface area contributed by atoms with Gasteiger partial charge in [0.1, 0.15) is 11.6 Å². The van der Waals surface area contributed by atoms with E-state index in [2.05, 4.69) is 23.9 Å². The van der Waals surface area contributed by atoms with Crippen LogP contribution >= 0.6 is 0 Å². The summed E-state index contributed by atoms with van der Waals surface area (Å²) in [4.78, 5) is 6.52. The summed E-state index contributed by atoms with van der Waals surface area (Å²) in [5.41, 5.74) is 1.25. The van der Waals surface area contributed by atoms with Crippen molar-refractivity contribution in [1.29, 1.82) is 0 Å². The highest BCUT2D eigenvalue weighted by Gasteiger charge is 2.33. The van der Waals surface area contributed by atoms with E-state index in [0.717, 1.165) is 31.6 Å². The Hall–Kier alpha value is -2.00. The Morgan fingerprint density at radius 2 is 2.09 bits per heavy atom. The second-order valence-corrected chi connectivity index (χ2v) is 12.3. The van der Waals surface area contributed by atoms with Gasteiger partial charge in [0.25, 0.3) is 0 Å². The van der Waals surface area contributed by atoms with E-state index in [1.807, 2.05) is 25.1 Å². The highest BCUT2D eigenvalue weighted by molar-refractivity contribution is 7.91. The van der Waals surface area contributed by atoms with E-state index in [1.54, 1.807) is 10.7 Å². The molecule has 1 aromatic heterocycles. The van der Waals surface area contributed by atoms with Gasteiger partial charge in [0, 0.05) is 26.2 Å². The average molecular weight is 465 g/mol. The van der Waals surface area contributed by atoms with Crippen molar-refractivity contribution in [3.63, 3.8) is 0 Å². The maximum Gasteiger partial charge on any atom is 0.184 e. The van der Waals surface area contributed by atoms with Gasteiger partial charge in [-0.25, -0.2) is 22.5 Å². The third-order valence-corrected chi connectivity index (χ3v) is 8.18. The maximum atomic E-state index is 14.9. The molecule has 0 N–H and O–H groups in total. The van der Waals surface area contributed by atoms with Gasteiger partial charge in [-0.3, -0.25) is 0 Å². The summed E-state index contributed by atoms with van der Waals surface area (Å²) in [5, 5.41) is 4.63. The fraction of sp³-hybridized carbons (Fsp3) is 0.652. The number of halogens is 1. The van der Waals surface area contributed by atoms with Crippen LogP contribution in [0.1, 0.15) is 51.4 Å². The average Bonchev–Trinajstić information content (AvgIpc) is 3.28. The molecule has 2 aliphatic rings. The number of aryl methyl sites for hydroxylation is 1. The fourth-order valence-electron chi connectivity index (χ4n) is 4.64. The molecule has 4 rings (SSSR count). The van der Waals surface area contributed by atoms with Crippen molar-refractivity contribution in [3.05, 3.63) is 29.8 Å². The summed E-state index contributed by atoms with van der Waals surface area (Å²) in [7, 11) is 0.599. The SMILES string of the molecule is CN(C)c1ccc(-c2nc(CCC3CC(C)(C)CO3)n(C3CCCS(=O)(=O)C3)n2)c(F)c1. The molecule has 1 aromatic carbocycles. The molecular weight excluding hydrogens is 431 g/mol. The molecule has 7 nitrogen and oxygen atoms in total. The Balaban J connectivity index is 1.64. The van der Waals surface area contributed by atoms with Gasteiger partial charge in [-0.05, 0) is 49.3 Å². The Labute approximate surface area is 189 Å². The molecule has 0 bridgehead atoms. The Morgan fingerprint density at radius 3 is 2.72 bits per heavy atom. The Morgan fingerprint density at radius 1 is 1.31 bits per heavy atom. The third-order valence-electron chi connectivity index (χ3n) is 6.38. The van der Waals surface area contributed by atoms with Gasteiger partial charge in [-0.2, -0.15) is 5.10 Å². The van der Waals surface area contributed by atoms with Gasteiger partial charge in [-0.15, -0.1) is 0 Å². The summed E-state index contributed by atoms with van der Waals surface area (Å²) >= 11 is 0. The van der Waals surface area contributed by atoms with E-state index < -0.39 is 15.7 Å². The smallest absolute Gasteiger partial charge is 0.184 e. The second kappa shape index (κ2) is 8.74. The van der Waals surface area contributed by atoms with Crippen LogP contribution in [0.4, 0.5) is 10.1 Å². The molecule has 0 radical (unpaired) electrons. The molecule has 2 saturated heterocycles. The molecule has 9 heteroatoms. The molecule has 176 valence electrons. The molecule has 0 saturated carbocycles. The van der Waals surface area contributed by atoms with E-state index in [9.17, 15) is 12.8 Å². The topological polar surface area (TPSA) is 77.3 Å². The molecule has 2 fully saturated rings. The van der Waals surface area contributed by atoms with Gasteiger partial charge in [0.15, 0.2) is 15.7 Å². The van der Waals surface area contributed by atoms with Crippen LogP contribution in [0, 0.1) is 11.2 Å². The van der Waals surface area contributed by atoms with Crippen LogP contribution in [-0.4, -0.2) is 61.5 Å². The molecule has 2 atom stereocenters. The summed E-state index contributed by atoms with van der Waals surface area (Å²) in [5.74, 6) is 0.881. The molecule has 3 heterocycles. The number of nitrogens with zero attached hydrogens (tertiary/aromatic N) is 4. The first-order chi connectivity index (χ1) is 15.0. The quantitative estimate of drug-likeness (QED) is 0.650. The highest BCUT2D eigenvalue weighted by atomic mass is 32.2. The molecule has 0 aliphatic carbocycles. The lowest BCUT2D eigenvalue weighted by Crippen LogP contribution is -2.29. The third kappa shape index (κ3) is 5.14. The van der Waals surface area contributed by atoms with Crippen LogP contribution in [0.25, 0.3) is 11.4 Å². The van der Waals surface area contributed by atoms with Gasteiger partial charge in [-0.1, -0.05) is 13.8 Å². The standard InChI is InChI=1S/C23H33FN4O3S/c1-23(2)13-18(31-15-23)8-10-21-25-22(19-9-7-16(27(3)4)12-20(19)24)26-28(21)17-6-5-11-32(29,30)14-17/h7,9,12,17-18H,5-6,8,10-11,13-15H2,1-4H3. The van der Waals surface area contributed by atoms with Gasteiger partial charge < -0.3 is 9.64 Å². The Bertz CT molecular complexity index is 1080. The zero-order valence-corrected chi connectivity index (χ0v) is 20.2. The summed E-state index contributed by atoms with van der Waals surface area (Å²) in [6.07, 6.45) is 3.85. The first kappa shape index (κ1) is 23.2. The zero-order valence-electron chi connectivity index (χ0n) is 19.3. The van der Waals surface area contributed by atoms with E-state index in [0.29, 0.717) is 30.1 Å². The predicted octanol–water partition coefficient (Wildman–Crippen LogP) is 3.65. The lowest BCUT2D eigenvalue weighted by molar-refractivity contribution is 0.0934. The number of hydrogen-bond acceptors (Lipinski definition) is 6. The molecular formula is C23H33FN4O3S. The first-order valence-electron chi connectivity index (χ1n) is 11.3. The van der Waals surface area contributed by atoms with Crippen molar-refractivity contribution in [2.24, 2.45) is 5.41 Å².